The van der Waals surface area contributed by atoms with E-state index >= 15 is 0 Å². The molecule has 0 bridgehead atoms. The number of hydrogen-bond donors (Lipinski definition) is 1. The number of carbonyl (C=O) groups is 1. The van der Waals surface area contributed by atoms with Crippen molar-refractivity contribution < 1.29 is 4.79 Å². The number of amides is 1. The second-order valence-electron chi connectivity index (χ2n) is 6.27. The summed E-state index contributed by atoms with van der Waals surface area (Å²) in [7, 11) is 0. The lowest BCUT2D eigenvalue weighted by atomic mass is 9.97. The Bertz CT molecular complexity index is 929. The van der Waals surface area contributed by atoms with Crippen LogP contribution in [-0.2, 0) is 6.42 Å². The summed E-state index contributed by atoms with van der Waals surface area (Å²) in [4.78, 5) is 25.0. The summed E-state index contributed by atoms with van der Waals surface area (Å²) in [5.74, 6) is 0.00657. The number of anilines is 1. The molecule has 1 amide bonds. The van der Waals surface area contributed by atoms with Crippen molar-refractivity contribution in [2.45, 2.75) is 26.2 Å². The zero-order chi connectivity index (χ0) is 18.5. The monoisotopic (exact) mass is 366 g/mol. The molecule has 0 unspecified atom stereocenters. The third kappa shape index (κ3) is 4.64. The van der Waals surface area contributed by atoms with Gasteiger partial charge in [-0.15, -0.1) is 0 Å². The minimum atomic E-state index is -0.152. The Kier molecular flexibility index (Phi) is 5.58. The molecule has 3 rings (SSSR count). The minimum Gasteiger partial charge on any atom is -0.321 e. The van der Waals surface area contributed by atoms with Crippen LogP contribution < -0.4 is 5.32 Å². The molecule has 26 heavy (non-hydrogen) atoms. The van der Waals surface area contributed by atoms with Crippen LogP contribution in [-0.4, -0.2) is 20.9 Å². The highest BCUT2D eigenvalue weighted by molar-refractivity contribution is 6.29. The Balaban J connectivity index is 1.72. The van der Waals surface area contributed by atoms with E-state index in [0.717, 1.165) is 16.8 Å². The number of benzene rings is 1. The second kappa shape index (κ2) is 8.06. The largest absolute Gasteiger partial charge is 0.321 e. The molecule has 0 aliphatic heterocycles. The molecule has 0 aliphatic carbocycles. The van der Waals surface area contributed by atoms with Gasteiger partial charge in [0.15, 0.2) is 0 Å². The quantitative estimate of drug-likeness (QED) is 0.725. The molecule has 6 heteroatoms. The fraction of sp³-hybridized carbons (Fsp3) is 0.200. The van der Waals surface area contributed by atoms with Gasteiger partial charge < -0.3 is 5.32 Å². The summed E-state index contributed by atoms with van der Waals surface area (Å²) in [5, 5.41) is 3.28. The molecule has 0 radical (unpaired) electrons. The van der Waals surface area contributed by atoms with E-state index in [0.29, 0.717) is 22.8 Å². The third-order valence-electron chi connectivity index (χ3n) is 4.04. The lowest BCUT2D eigenvalue weighted by Gasteiger charge is -2.13. The molecule has 0 saturated heterocycles. The summed E-state index contributed by atoms with van der Waals surface area (Å²) in [6.07, 6.45) is 7.34. The van der Waals surface area contributed by atoms with Gasteiger partial charge in [0.1, 0.15) is 5.15 Å². The molecule has 5 nitrogen and oxygen atoms in total. The van der Waals surface area contributed by atoms with E-state index in [1.165, 1.54) is 6.20 Å². The van der Waals surface area contributed by atoms with Gasteiger partial charge in [-0.1, -0.05) is 36.2 Å². The molecule has 2 aromatic heterocycles. The van der Waals surface area contributed by atoms with E-state index in [-0.39, 0.29) is 11.8 Å². The molecule has 1 N–H and O–H groups in total. The number of hydrogen-bond acceptors (Lipinski definition) is 4. The molecule has 0 fully saturated rings. The van der Waals surface area contributed by atoms with Crippen LogP contribution in [0.5, 0.6) is 0 Å². The Morgan fingerprint density at radius 1 is 1.15 bits per heavy atom. The lowest BCUT2D eigenvalue weighted by molar-refractivity contribution is 0.102. The van der Waals surface area contributed by atoms with Gasteiger partial charge >= 0.3 is 0 Å². The number of aryl methyl sites for hydroxylation is 1. The zero-order valence-electron chi connectivity index (χ0n) is 14.6. The van der Waals surface area contributed by atoms with Crippen LogP contribution >= 0.6 is 11.6 Å². The number of nitrogens with one attached hydrogen (secondary N) is 1. The van der Waals surface area contributed by atoms with Crippen LogP contribution in [0.1, 0.15) is 40.0 Å². The summed E-state index contributed by atoms with van der Waals surface area (Å²) in [6.45, 7) is 4.03. The summed E-state index contributed by atoms with van der Waals surface area (Å²) in [6, 6.07) is 9.41. The average Bonchev–Trinajstić information content (AvgIpc) is 2.62. The Hall–Kier alpha value is -2.79. The predicted molar refractivity (Wildman–Crippen MR) is 103 cm³/mol. The Morgan fingerprint density at radius 3 is 2.73 bits per heavy atom. The van der Waals surface area contributed by atoms with E-state index in [1.807, 2.05) is 31.2 Å². The molecule has 2 heterocycles. The molecular formula is C20H19ClN4O. The fourth-order valence-corrected chi connectivity index (χ4v) is 2.86. The highest BCUT2D eigenvalue weighted by Gasteiger charge is 2.12. The van der Waals surface area contributed by atoms with Gasteiger partial charge in [-0.05, 0) is 43.0 Å². The van der Waals surface area contributed by atoms with Crippen molar-refractivity contribution in [1.29, 1.82) is 0 Å². The maximum Gasteiger partial charge on any atom is 0.255 e. The Labute approximate surface area is 157 Å². The first-order chi connectivity index (χ1) is 12.5. The maximum atomic E-state index is 12.4. The van der Waals surface area contributed by atoms with Crippen LogP contribution in [0.3, 0.4) is 0 Å². The second-order valence-corrected chi connectivity index (χ2v) is 6.66. The highest BCUT2D eigenvalue weighted by atomic mass is 35.5. The first kappa shape index (κ1) is 18.0. The van der Waals surface area contributed by atoms with Gasteiger partial charge in [0.2, 0.25) is 0 Å². The normalized spacial score (nSPS) is 11.8. The standard InChI is InChI=1S/C20H19ClN4O/c1-13-4-3-5-15(6-13)20(26)25-18-8-16(9-22-11-18)14(2)7-17-10-23-12-19(21)24-17/h3-6,8-12,14H,7H2,1-2H3,(H,25,26)/t14-/m1/s1. The first-order valence-electron chi connectivity index (χ1n) is 8.30. The summed E-state index contributed by atoms with van der Waals surface area (Å²) < 4.78 is 0. The van der Waals surface area contributed by atoms with Crippen LogP contribution in [0.4, 0.5) is 5.69 Å². The molecule has 0 aliphatic rings. The van der Waals surface area contributed by atoms with Crippen molar-refractivity contribution in [3.8, 4) is 0 Å². The number of halogens is 1. The number of rotatable bonds is 5. The van der Waals surface area contributed by atoms with Crippen LogP contribution in [0.25, 0.3) is 0 Å². The Morgan fingerprint density at radius 2 is 1.96 bits per heavy atom. The van der Waals surface area contributed by atoms with E-state index < -0.39 is 0 Å². The van der Waals surface area contributed by atoms with Crippen molar-refractivity contribution >= 4 is 23.2 Å². The van der Waals surface area contributed by atoms with E-state index in [1.54, 1.807) is 24.7 Å². The van der Waals surface area contributed by atoms with Crippen molar-refractivity contribution in [1.82, 2.24) is 15.0 Å². The van der Waals surface area contributed by atoms with E-state index in [2.05, 4.69) is 27.2 Å². The van der Waals surface area contributed by atoms with Gasteiger partial charge in [-0.25, -0.2) is 4.98 Å². The molecule has 1 atom stereocenters. The van der Waals surface area contributed by atoms with Gasteiger partial charge in [-0.3, -0.25) is 14.8 Å². The highest BCUT2D eigenvalue weighted by Crippen LogP contribution is 2.22. The maximum absolute atomic E-state index is 12.4. The van der Waals surface area contributed by atoms with Gasteiger partial charge in [0.05, 0.1) is 23.8 Å². The molecule has 3 aromatic rings. The minimum absolute atomic E-state index is 0.152. The number of carbonyl (C=O) groups excluding carboxylic acids is 1. The number of aromatic nitrogens is 3. The fourth-order valence-electron chi connectivity index (χ4n) is 2.69. The summed E-state index contributed by atoms with van der Waals surface area (Å²) >= 11 is 5.89. The average molecular weight is 367 g/mol. The molecule has 132 valence electrons. The van der Waals surface area contributed by atoms with E-state index in [4.69, 9.17) is 11.6 Å². The molecule has 0 spiro atoms. The lowest BCUT2D eigenvalue weighted by Crippen LogP contribution is -2.12. The van der Waals surface area contributed by atoms with Crippen LogP contribution in [0.15, 0.2) is 55.1 Å². The smallest absolute Gasteiger partial charge is 0.255 e. The molecule has 0 saturated carbocycles. The summed E-state index contributed by atoms with van der Waals surface area (Å²) in [5.41, 5.74) is 4.16. The molecular weight excluding hydrogens is 348 g/mol. The van der Waals surface area contributed by atoms with Crippen molar-refractivity contribution in [2.24, 2.45) is 0 Å². The van der Waals surface area contributed by atoms with Crippen LogP contribution in [0.2, 0.25) is 5.15 Å². The number of nitrogens with zero attached hydrogens (tertiary/aromatic N) is 3. The number of pyridine rings is 1. The van der Waals surface area contributed by atoms with Crippen LogP contribution in [0, 0.1) is 6.92 Å². The SMILES string of the molecule is Cc1cccc(C(=O)Nc2cncc([C@H](C)Cc3cncc(Cl)n3)c2)c1. The topological polar surface area (TPSA) is 67.8 Å². The van der Waals surface area contributed by atoms with E-state index in [9.17, 15) is 4.79 Å². The van der Waals surface area contributed by atoms with Crippen molar-refractivity contribution in [3.05, 3.63) is 82.7 Å². The van der Waals surface area contributed by atoms with Crippen molar-refractivity contribution in [3.63, 3.8) is 0 Å². The van der Waals surface area contributed by atoms with Gasteiger partial charge in [0.25, 0.3) is 5.91 Å². The predicted octanol–water partition coefficient (Wildman–Crippen LogP) is 4.43. The van der Waals surface area contributed by atoms with Gasteiger partial charge in [0, 0.05) is 18.0 Å². The molecule has 1 aromatic carbocycles. The van der Waals surface area contributed by atoms with Crippen molar-refractivity contribution in [2.75, 3.05) is 5.32 Å². The first-order valence-corrected chi connectivity index (χ1v) is 8.68. The third-order valence-corrected chi connectivity index (χ3v) is 4.22. The van der Waals surface area contributed by atoms with Gasteiger partial charge in [-0.2, -0.15) is 0 Å². The zero-order valence-corrected chi connectivity index (χ0v) is 15.4.